The summed E-state index contributed by atoms with van der Waals surface area (Å²) in [6.45, 7) is 9.16. The highest BCUT2D eigenvalue weighted by molar-refractivity contribution is 5.23. The lowest BCUT2D eigenvalue weighted by Gasteiger charge is -2.57. The second-order valence-electron chi connectivity index (χ2n) is 7.61. The van der Waals surface area contributed by atoms with E-state index in [4.69, 9.17) is 0 Å². The molecule has 1 heterocycles. The number of hydrogen-bond donors (Lipinski definition) is 0. The van der Waals surface area contributed by atoms with Crippen molar-refractivity contribution in [1.82, 2.24) is 0 Å². The lowest BCUT2D eigenvalue weighted by molar-refractivity contribution is -0.910. The third kappa shape index (κ3) is 1.87. The molecule has 4 rings (SSSR count). The normalized spacial score (nSPS) is 38.2. The van der Waals surface area contributed by atoms with Crippen molar-refractivity contribution in [2.24, 2.45) is 17.3 Å². The summed E-state index contributed by atoms with van der Waals surface area (Å²) in [6.07, 6.45) is 9.80. The summed E-state index contributed by atoms with van der Waals surface area (Å²) >= 11 is 0. The summed E-state index contributed by atoms with van der Waals surface area (Å²) in [5.74, 6) is 1.90. The molecule has 1 aliphatic heterocycles. The van der Waals surface area contributed by atoms with Crippen LogP contribution in [0.1, 0.15) is 46.0 Å². The maximum absolute atomic E-state index is 2.60. The molecule has 0 unspecified atom stereocenters. The van der Waals surface area contributed by atoms with Crippen molar-refractivity contribution >= 4 is 0 Å². The Morgan fingerprint density at radius 2 is 1.94 bits per heavy atom. The topological polar surface area (TPSA) is 0 Å². The van der Waals surface area contributed by atoms with Gasteiger partial charge in [-0.2, -0.15) is 0 Å². The molecule has 0 N–H and O–H groups in total. The van der Waals surface area contributed by atoms with Crippen LogP contribution in [0.4, 0.5) is 0 Å². The molecule has 1 heteroatoms. The van der Waals surface area contributed by atoms with Crippen LogP contribution in [0.2, 0.25) is 0 Å². The maximum Gasteiger partial charge on any atom is 0.100 e. The molecule has 0 aromatic carbocycles. The molecule has 2 bridgehead atoms. The third-order valence-corrected chi connectivity index (χ3v) is 6.04. The van der Waals surface area contributed by atoms with Crippen LogP contribution < -0.4 is 0 Å². The third-order valence-electron chi connectivity index (χ3n) is 6.04. The standard InChI is InChI=1S/C16H28N/c1-16(2)14-8-7-13(15(16)11-14)12-17(3)9-5-4-6-10-17/h7,14-15H,4-6,8-12H2,1-3H3/q+1/t14-,15+/m1/s1. The summed E-state index contributed by atoms with van der Waals surface area (Å²) in [4.78, 5) is 0. The van der Waals surface area contributed by atoms with E-state index in [1.807, 2.05) is 5.57 Å². The van der Waals surface area contributed by atoms with E-state index >= 15 is 0 Å². The van der Waals surface area contributed by atoms with Gasteiger partial charge in [-0.1, -0.05) is 19.9 Å². The average Bonchev–Trinajstić information content (AvgIpc) is 2.29. The van der Waals surface area contributed by atoms with E-state index < -0.39 is 0 Å². The summed E-state index contributed by atoms with van der Waals surface area (Å²) in [7, 11) is 2.48. The number of nitrogens with zero attached hydrogens (tertiary/aromatic N) is 1. The zero-order valence-electron chi connectivity index (χ0n) is 11.8. The number of quaternary nitrogens is 1. The van der Waals surface area contributed by atoms with E-state index in [0.717, 1.165) is 11.8 Å². The van der Waals surface area contributed by atoms with Crippen LogP contribution >= 0.6 is 0 Å². The number of allylic oxidation sites excluding steroid dienone is 1. The van der Waals surface area contributed by atoms with Crippen molar-refractivity contribution in [2.75, 3.05) is 26.7 Å². The summed E-state index contributed by atoms with van der Waals surface area (Å²) in [5.41, 5.74) is 2.42. The fraction of sp³-hybridized carbons (Fsp3) is 0.875. The first kappa shape index (κ1) is 11.8. The SMILES string of the molecule is CC1(C)[C@@H]2CC=C(C[N+]3(C)CCCCC3)[C@@H]1C2. The van der Waals surface area contributed by atoms with Crippen LogP contribution in [0, 0.1) is 17.3 Å². The first-order valence-corrected chi connectivity index (χ1v) is 7.54. The molecule has 1 saturated carbocycles. The predicted octanol–water partition coefficient (Wildman–Crippen LogP) is 3.61. The van der Waals surface area contributed by atoms with E-state index in [9.17, 15) is 0 Å². The molecule has 2 atom stereocenters. The highest BCUT2D eigenvalue weighted by Gasteiger charge is 2.52. The van der Waals surface area contributed by atoms with Crippen LogP contribution in [0.3, 0.4) is 0 Å². The largest absolute Gasteiger partial charge is 0.323 e. The van der Waals surface area contributed by atoms with Gasteiger partial charge >= 0.3 is 0 Å². The summed E-state index contributed by atoms with van der Waals surface area (Å²) in [5, 5.41) is 0. The molecule has 4 aliphatic rings. The summed E-state index contributed by atoms with van der Waals surface area (Å²) < 4.78 is 1.32. The lowest BCUT2D eigenvalue weighted by atomic mass is 9.49. The predicted molar refractivity (Wildman–Crippen MR) is 72.7 cm³/mol. The number of fused-ring (bicyclic) bond motifs is 1. The van der Waals surface area contributed by atoms with E-state index in [0.29, 0.717) is 5.41 Å². The van der Waals surface area contributed by atoms with Crippen LogP contribution in [-0.2, 0) is 0 Å². The Hall–Kier alpha value is -0.300. The Morgan fingerprint density at radius 3 is 2.53 bits per heavy atom. The highest BCUT2D eigenvalue weighted by Crippen LogP contribution is 2.59. The van der Waals surface area contributed by atoms with Crippen molar-refractivity contribution < 1.29 is 4.48 Å². The molecular weight excluding hydrogens is 206 g/mol. The molecule has 0 amide bonds. The number of likely N-dealkylation sites (tertiary alicyclic amines) is 1. The van der Waals surface area contributed by atoms with Crippen molar-refractivity contribution in [3.05, 3.63) is 11.6 Å². The van der Waals surface area contributed by atoms with Crippen molar-refractivity contribution in [1.29, 1.82) is 0 Å². The van der Waals surface area contributed by atoms with E-state index in [2.05, 4.69) is 27.0 Å². The molecule has 0 aromatic rings. The fourth-order valence-electron chi connectivity index (χ4n) is 4.53. The number of likely N-dealkylation sites (N-methyl/N-ethyl adjacent to an activating group) is 1. The van der Waals surface area contributed by atoms with Crippen LogP contribution in [0.5, 0.6) is 0 Å². The number of rotatable bonds is 2. The first-order chi connectivity index (χ1) is 8.01. The van der Waals surface area contributed by atoms with Gasteiger partial charge in [0.2, 0.25) is 0 Å². The van der Waals surface area contributed by atoms with Gasteiger partial charge in [0.15, 0.2) is 0 Å². The molecule has 1 saturated heterocycles. The Kier molecular flexibility index (Phi) is 2.66. The Balaban J connectivity index is 1.71. The van der Waals surface area contributed by atoms with Crippen molar-refractivity contribution in [3.8, 4) is 0 Å². The van der Waals surface area contributed by atoms with Gasteiger partial charge in [0.05, 0.1) is 20.1 Å². The van der Waals surface area contributed by atoms with E-state index in [-0.39, 0.29) is 0 Å². The van der Waals surface area contributed by atoms with Gasteiger partial charge in [0, 0.05) is 0 Å². The van der Waals surface area contributed by atoms with Crippen molar-refractivity contribution in [3.63, 3.8) is 0 Å². The van der Waals surface area contributed by atoms with Gasteiger partial charge in [-0.25, -0.2) is 0 Å². The second kappa shape index (κ2) is 3.85. The molecule has 3 aliphatic carbocycles. The Labute approximate surface area is 106 Å². The molecule has 17 heavy (non-hydrogen) atoms. The smallest absolute Gasteiger partial charge is 0.100 e. The Morgan fingerprint density at radius 1 is 1.24 bits per heavy atom. The average molecular weight is 234 g/mol. The summed E-state index contributed by atoms with van der Waals surface area (Å²) in [6, 6.07) is 0. The molecular formula is C16H28N+. The van der Waals surface area contributed by atoms with Gasteiger partial charge in [-0.3, -0.25) is 0 Å². The molecule has 0 radical (unpaired) electrons. The Bertz CT molecular complexity index is 333. The van der Waals surface area contributed by atoms with Crippen LogP contribution in [0.15, 0.2) is 11.6 Å². The van der Waals surface area contributed by atoms with Gasteiger partial charge in [0.25, 0.3) is 0 Å². The molecule has 0 aromatic heterocycles. The minimum Gasteiger partial charge on any atom is -0.323 e. The van der Waals surface area contributed by atoms with Crippen LogP contribution in [0.25, 0.3) is 0 Å². The minimum atomic E-state index is 0.610. The van der Waals surface area contributed by atoms with Gasteiger partial charge in [0.1, 0.15) is 6.54 Å². The zero-order valence-corrected chi connectivity index (χ0v) is 11.8. The molecule has 0 spiro atoms. The van der Waals surface area contributed by atoms with Crippen molar-refractivity contribution in [2.45, 2.75) is 46.0 Å². The highest BCUT2D eigenvalue weighted by atomic mass is 15.3. The monoisotopic (exact) mass is 234 g/mol. The second-order valence-corrected chi connectivity index (χ2v) is 7.61. The molecule has 2 fully saturated rings. The lowest BCUT2D eigenvalue weighted by Crippen LogP contribution is -2.54. The van der Waals surface area contributed by atoms with Gasteiger partial charge in [-0.15, -0.1) is 0 Å². The maximum atomic E-state index is 2.60. The fourth-order valence-corrected chi connectivity index (χ4v) is 4.53. The van der Waals surface area contributed by atoms with E-state index in [1.54, 1.807) is 0 Å². The first-order valence-electron chi connectivity index (χ1n) is 7.54. The quantitative estimate of drug-likeness (QED) is 0.506. The van der Waals surface area contributed by atoms with E-state index in [1.165, 1.54) is 56.2 Å². The number of piperidine rings is 1. The van der Waals surface area contributed by atoms with Crippen LogP contribution in [-0.4, -0.2) is 31.2 Å². The molecule has 1 nitrogen and oxygen atoms in total. The van der Waals surface area contributed by atoms with Gasteiger partial charge < -0.3 is 4.48 Å². The zero-order chi connectivity index (χ0) is 12.1. The molecule has 96 valence electrons. The number of hydrogen-bond acceptors (Lipinski definition) is 0. The van der Waals surface area contributed by atoms with Gasteiger partial charge in [-0.05, 0) is 54.9 Å². The minimum absolute atomic E-state index is 0.610.